The van der Waals surface area contributed by atoms with E-state index in [0.29, 0.717) is 16.8 Å². The topological polar surface area (TPSA) is 91.7 Å². The number of halogens is 2. The Morgan fingerprint density at radius 3 is 2.91 bits per heavy atom. The zero-order valence-corrected chi connectivity index (χ0v) is 18.3. The fraction of sp³-hybridized carbons (Fsp3) is 0.478. The molecule has 4 heterocycles. The normalized spacial score (nSPS) is 20.2. The summed E-state index contributed by atoms with van der Waals surface area (Å²) in [7, 11) is 0. The van der Waals surface area contributed by atoms with Crippen LogP contribution in [0.4, 0.5) is 14.6 Å². The molecule has 0 unspecified atom stereocenters. The van der Waals surface area contributed by atoms with Gasteiger partial charge in [0.05, 0.1) is 24.6 Å². The maximum atomic E-state index is 13.8. The third-order valence-corrected chi connectivity index (χ3v) is 7.18. The molecule has 6 rings (SSSR count). The summed E-state index contributed by atoms with van der Waals surface area (Å²) >= 11 is 0. The Hall–Kier alpha value is -3.30. The van der Waals surface area contributed by atoms with Crippen molar-refractivity contribution in [1.29, 1.82) is 0 Å². The van der Waals surface area contributed by atoms with E-state index in [9.17, 15) is 13.6 Å². The first kappa shape index (κ1) is 20.3. The van der Waals surface area contributed by atoms with Gasteiger partial charge in [0.1, 0.15) is 17.2 Å². The summed E-state index contributed by atoms with van der Waals surface area (Å²) in [6.45, 7) is 3.95. The second-order valence-corrected chi connectivity index (χ2v) is 9.58. The number of fused-ring (bicyclic) bond motifs is 1. The highest BCUT2D eigenvalue weighted by Crippen LogP contribution is 2.53. The monoisotopic (exact) mass is 453 g/mol. The van der Waals surface area contributed by atoms with Crippen molar-refractivity contribution in [2.24, 2.45) is 5.41 Å². The van der Waals surface area contributed by atoms with E-state index in [-0.39, 0.29) is 29.9 Å². The van der Waals surface area contributed by atoms with E-state index < -0.39 is 6.43 Å². The van der Waals surface area contributed by atoms with Gasteiger partial charge in [-0.2, -0.15) is 5.10 Å². The van der Waals surface area contributed by atoms with Gasteiger partial charge in [0, 0.05) is 30.4 Å². The molecule has 1 saturated carbocycles. The van der Waals surface area contributed by atoms with Crippen LogP contribution in [0.1, 0.15) is 70.4 Å². The van der Waals surface area contributed by atoms with Crippen LogP contribution in [-0.2, 0) is 13.0 Å². The SMILES string of the molecule is Cc1[nH]nc2c1CC[C@H]2NC(=O)c1cn(Cc2ccc(N3CC4(CC4)C3)nc2C(F)F)cn1. The van der Waals surface area contributed by atoms with Crippen molar-refractivity contribution >= 4 is 11.7 Å². The summed E-state index contributed by atoms with van der Waals surface area (Å²) in [6, 6.07) is 3.37. The Morgan fingerprint density at radius 2 is 2.15 bits per heavy atom. The minimum absolute atomic E-state index is 0.152. The molecule has 33 heavy (non-hydrogen) atoms. The molecule has 2 aliphatic carbocycles. The average molecular weight is 453 g/mol. The van der Waals surface area contributed by atoms with Crippen LogP contribution in [0.5, 0.6) is 0 Å². The predicted molar refractivity (Wildman–Crippen MR) is 116 cm³/mol. The summed E-state index contributed by atoms with van der Waals surface area (Å²) in [5.41, 5.74) is 3.95. The van der Waals surface area contributed by atoms with Crippen LogP contribution in [0.25, 0.3) is 0 Å². The number of nitrogens with one attached hydrogen (secondary N) is 2. The van der Waals surface area contributed by atoms with Crippen molar-refractivity contribution in [3.63, 3.8) is 0 Å². The Morgan fingerprint density at radius 1 is 1.33 bits per heavy atom. The quantitative estimate of drug-likeness (QED) is 0.598. The lowest BCUT2D eigenvalue weighted by atomic mass is 9.97. The molecule has 2 fully saturated rings. The van der Waals surface area contributed by atoms with Crippen molar-refractivity contribution in [2.75, 3.05) is 18.0 Å². The number of hydrogen-bond acceptors (Lipinski definition) is 5. The van der Waals surface area contributed by atoms with E-state index in [2.05, 4.69) is 30.4 Å². The second kappa shape index (κ2) is 7.36. The fourth-order valence-corrected chi connectivity index (χ4v) is 5.04. The van der Waals surface area contributed by atoms with Crippen molar-refractivity contribution < 1.29 is 13.6 Å². The molecule has 0 aromatic carbocycles. The molecule has 3 aromatic heterocycles. The highest BCUT2D eigenvalue weighted by atomic mass is 19.3. The first-order valence-electron chi connectivity index (χ1n) is 11.3. The zero-order chi connectivity index (χ0) is 22.7. The smallest absolute Gasteiger partial charge is 0.280 e. The highest BCUT2D eigenvalue weighted by Gasteiger charge is 2.52. The Labute approximate surface area is 189 Å². The van der Waals surface area contributed by atoms with Gasteiger partial charge in [-0.05, 0) is 49.8 Å². The maximum absolute atomic E-state index is 13.8. The van der Waals surface area contributed by atoms with Crippen molar-refractivity contribution in [2.45, 2.75) is 51.6 Å². The highest BCUT2D eigenvalue weighted by molar-refractivity contribution is 5.92. The van der Waals surface area contributed by atoms with Gasteiger partial charge in [-0.15, -0.1) is 0 Å². The minimum atomic E-state index is -2.67. The van der Waals surface area contributed by atoms with Gasteiger partial charge in [-0.1, -0.05) is 6.07 Å². The van der Waals surface area contributed by atoms with Gasteiger partial charge in [0.2, 0.25) is 0 Å². The minimum Gasteiger partial charge on any atom is -0.355 e. The largest absolute Gasteiger partial charge is 0.355 e. The van der Waals surface area contributed by atoms with E-state index in [4.69, 9.17) is 0 Å². The third-order valence-electron chi connectivity index (χ3n) is 7.18. The van der Waals surface area contributed by atoms with Crippen LogP contribution in [0.3, 0.4) is 0 Å². The Balaban J connectivity index is 1.15. The van der Waals surface area contributed by atoms with Crippen LogP contribution < -0.4 is 10.2 Å². The molecule has 0 radical (unpaired) electrons. The fourth-order valence-electron chi connectivity index (χ4n) is 5.04. The molecular weight excluding hydrogens is 428 g/mol. The number of nitrogens with zero attached hydrogens (tertiary/aromatic N) is 5. The lowest BCUT2D eigenvalue weighted by molar-refractivity contribution is 0.0931. The molecular formula is C23H25F2N7O. The van der Waals surface area contributed by atoms with Gasteiger partial charge < -0.3 is 14.8 Å². The number of amides is 1. The third kappa shape index (κ3) is 3.57. The number of carbonyl (C=O) groups is 1. The van der Waals surface area contributed by atoms with Crippen LogP contribution >= 0.6 is 0 Å². The number of alkyl halides is 2. The lowest BCUT2D eigenvalue weighted by Gasteiger charge is -2.41. The number of H-pyrrole nitrogens is 1. The van der Waals surface area contributed by atoms with Gasteiger partial charge >= 0.3 is 0 Å². The van der Waals surface area contributed by atoms with E-state index in [0.717, 1.165) is 42.9 Å². The maximum Gasteiger partial charge on any atom is 0.280 e. The standard InChI is InChI=1S/C23H25F2N7O/c1-13-15-3-4-16(20(15)30-29-13)27-22(33)17-9-31(12-26-17)8-14-2-5-18(28-19(14)21(24)25)32-10-23(11-32)6-7-23/h2,5,9,12,16,21H,3-4,6-8,10-11H2,1H3,(H,27,33)(H,29,30)/t16-/m1/s1. The summed E-state index contributed by atoms with van der Waals surface area (Å²) in [4.78, 5) is 23.2. The molecule has 1 amide bonds. The zero-order valence-electron chi connectivity index (χ0n) is 18.3. The van der Waals surface area contributed by atoms with Crippen molar-refractivity contribution in [3.8, 4) is 0 Å². The van der Waals surface area contributed by atoms with Crippen LogP contribution in [0.15, 0.2) is 24.7 Å². The number of aromatic nitrogens is 5. The van der Waals surface area contributed by atoms with Gasteiger partial charge in [0.15, 0.2) is 0 Å². The summed E-state index contributed by atoms with van der Waals surface area (Å²) < 4.78 is 29.2. The van der Waals surface area contributed by atoms with Gasteiger partial charge in [-0.25, -0.2) is 18.7 Å². The summed E-state index contributed by atoms with van der Waals surface area (Å²) in [5.74, 6) is 0.309. The number of hydrogen-bond donors (Lipinski definition) is 2. The molecule has 172 valence electrons. The van der Waals surface area contributed by atoms with Crippen molar-refractivity contribution in [3.05, 3.63) is 58.6 Å². The molecule has 3 aromatic rings. The summed E-state index contributed by atoms with van der Waals surface area (Å²) in [5, 5.41) is 10.2. The number of carbonyl (C=O) groups excluding carboxylic acids is 1. The van der Waals surface area contributed by atoms with E-state index >= 15 is 0 Å². The Bertz CT molecular complexity index is 1220. The first-order valence-corrected chi connectivity index (χ1v) is 11.3. The van der Waals surface area contributed by atoms with Crippen molar-refractivity contribution in [1.82, 2.24) is 30.0 Å². The van der Waals surface area contributed by atoms with E-state index in [1.165, 1.54) is 19.2 Å². The van der Waals surface area contributed by atoms with Crippen LogP contribution in [-0.4, -0.2) is 43.7 Å². The number of imidazole rings is 1. The van der Waals surface area contributed by atoms with E-state index in [1.54, 1.807) is 16.8 Å². The second-order valence-electron chi connectivity index (χ2n) is 9.58. The Kier molecular flexibility index (Phi) is 4.53. The summed E-state index contributed by atoms with van der Waals surface area (Å²) in [6.07, 6.45) is 4.52. The molecule has 8 nitrogen and oxygen atoms in total. The molecule has 3 aliphatic rings. The number of aromatic amines is 1. The van der Waals surface area contributed by atoms with Gasteiger partial charge in [0.25, 0.3) is 12.3 Å². The van der Waals surface area contributed by atoms with Crippen LogP contribution in [0.2, 0.25) is 0 Å². The number of aryl methyl sites for hydroxylation is 1. The number of anilines is 1. The molecule has 1 atom stereocenters. The van der Waals surface area contributed by atoms with E-state index in [1.807, 2.05) is 13.0 Å². The number of rotatable bonds is 6. The molecule has 10 heteroatoms. The molecule has 1 spiro atoms. The molecule has 2 N–H and O–H groups in total. The first-order chi connectivity index (χ1) is 15.9. The molecule has 1 aliphatic heterocycles. The molecule has 1 saturated heterocycles. The molecule has 0 bridgehead atoms. The van der Waals surface area contributed by atoms with Gasteiger partial charge in [-0.3, -0.25) is 9.89 Å². The average Bonchev–Trinajstić information content (AvgIpc) is 3.08. The lowest BCUT2D eigenvalue weighted by Crippen LogP contribution is -2.49. The number of pyridine rings is 1. The predicted octanol–water partition coefficient (Wildman–Crippen LogP) is 3.31. The van der Waals surface area contributed by atoms with Crippen LogP contribution in [0, 0.1) is 12.3 Å².